The zero-order valence-electron chi connectivity index (χ0n) is 11.8. The Balaban J connectivity index is 0. The highest BCUT2D eigenvalue weighted by molar-refractivity contribution is 5.40. The summed E-state index contributed by atoms with van der Waals surface area (Å²) in [5.74, 6) is 0.168. The number of rotatable bonds is 3. The van der Waals surface area contributed by atoms with Gasteiger partial charge in [-0.2, -0.15) is 0 Å². The van der Waals surface area contributed by atoms with E-state index in [1.165, 1.54) is 0 Å². The van der Waals surface area contributed by atoms with Crippen molar-refractivity contribution < 1.29 is 10.2 Å². The second kappa shape index (κ2) is 11.4. The molecule has 0 unspecified atom stereocenters. The lowest BCUT2D eigenvalue weighted by molar-refractivity contribution is 0.278. The van der Waals surface area contributed by atoms with Crippen LogP contribution in [0.1, 0.15) is 44.5 Å². The molecular formula is C13H26N2O2. The molecule has 4 heteroatoms. The predicted molar refractivity (Wildman–Crippen MR) is 72.0 cm³/mol. The third kappa shape index (κ3) is 5.65. The number of aliphatic hydroxyl groups excluding tert-OH is 1. The fourth-order valence-electron chi connectivity index (χ4n) is 1.19. The maximum absolute atomic E-state index is 9.63. The Morgan fingerprint density at radius 1 is 1.24 bits per heavy atom. The third-order valence-electron chi connectivity index (χ3n) is 1.95. The number of nitrogens with zero attached hydrogens (tertiary/aromatic N) is 1. The largest absolute Gasteiger partial charge is 0.506 e. The van der Waals surface area contributed by atoms with Crippen LogP contribution in [0.3, 0.4) is 0 Å². The maximum Gasteiger partial charge on any atom is 0.141 e. The fourth-order valence-corrected chi connectivity index (χ4v) is 1.19. The van der Waals surface area contributed by atoms with Crippen LogP contribution in [-0.4, -0.2) is 22.2 Å². The number of nitrogens with one attached hydrogen (secondary N) is 1. The number of pyridine rings is 1. The van der Waals surface area contributed by atoms with E-state index < -0.39 is 0 Å². The lowest BCUT2D eigenvalue weighted by atomic mass is 10.1. The lowest BCUT2D eigenvalue weighted by Crippen LogP contribution is -2.09. The molecule has 100 valence electrons. The highest BCUT2D eigenvalue weighted by Crippen LogP contribution is 2.23. The molecule has 0 spiro atoms. The van der Waals surface area contributed by atoms with Gasteiger partial charge in [0.25, 0.3) is 0 Å². The zero-order chi connectivity index (χ0) is 13.8. The summed E-state index contributed by atoms with van der Waals surface area (Å²) in [6.45, 7) is 10.2. The highest BCUT2D eigenvalue weighted by atomic mass is 16.3. The zero-order valence-corrected chi connectivity index (χ0v) is 11.8. The monoisotopic (exact) mass is 242 g/mol. The van der Waals surface area contributed by atoms with Crippen molar-refractivity contribution in [2.75, 3.05) is 7.05 Å². The molecule has 1 heterocycles. The third-order valence-corrected chi connectivity index (χ3v) is 1.95. The van der Waals surface area contributed by atoms with Crippen LogP contribution in [-0.2, 0) is 13.2 Å². The molecule has 1 aromatic heterocycles. The summed E-state index contributed by atoms with van der Waals surface area (Å²) in [6.07, 6.45) is 1.59. The van der Waals surface area contributed by atoms with Crippen LogP contribution < -0.4 is 5.32 Å². The van der Waals surface area contributed by atoms with Crippen LogP contribution >= 0.6 is 0 Å². The van der Waals surface area contributed by atoms with Crippen molar-refractivity contribution in [1.82, 2.24) is 10.3 Å². The van der Waals surface area contributed by atoms with Gasteiger partial charge in [0.2, 0.25) is 0 Å². The molecule has 0 saturated heterocycles. The summed E-state index contributed by atoms with van der Waals surface area (Å²) in [5.41, 5.74) is 1.97. The first kappa shape index (κ1) is 18.2. The highest BCUT2D eigenvalue weighted by Gasteiger charge is 2.09. The molecular weight excluding hydrogens is 216 g/mol. The molecule has 0 saturated carbocycles. The molecule has 0 aliphatic rings. The summed E-state index contributed by atoms with van der Waals surface area (Å²) in [5, 5.41) is 21.5. The van der Waals surface area contributed by atoms with E-state index in [9.17, 15) is 5.11 Å². The van der Waals surface area contributed by atoms with E-state index in [1.807, 2.05) is 27.7 Å². The van der Waals surface area contributed by atoms with Crippen molar-refractivity contribution in [2.24, 2.45) is 0 Å². The molecule has 0 aromatic carbocycles. The average molecular weight is 242 g/mol. The minimum Gasteiger partial charge on any atom is -0.506 e. The topological polar surface area (TPSA) is 65.4 Å². The van der Waals surface area contributed by atoms with Crippen molar-refractivity contribution in [3.8, 4) is 5.75 Å². The second-order valence-electron chi connectivity index (χ2n) is 2.88. The van der Waals surface area contributed by atoms with Crippen LogP contribution in [0, 0.1) is 6.92 Å². The quantitative estimate of drug-likeness (QED) is 0.761. The van der Waals surface area contributed by atoms with Gasteiger partial charge in [0.05, 0.1) is 12.3 Å². The molecule has 0 amide bonds. The Morgan fingerprint density at radius 3 is 2.18 bits per heavy atom. The average Bonchev–Trinajstić information content (AvgIpc) is 2.40. The van der Waals surface area contributed by atoms with E-state index in [0.29, 0.717) is 17.8 Å². The molecule has 0 atom stereocenters. The van der Waals surface area contributed by atoms with Crippen molar-refractivity contribution in [3.05, 3.63) is 23.0 Å². The molecule has 1 rings (SSSR count). The van der Waals surface area contributed by atoms with Crippen LogP contribution in [0.25, 0.3) is 0 Å². The summed E-state index contributed by atoms with van der Waals surface area (Å²) >= 11 is 0. The Morgan fingerprint density at radius 2 is 1.76 bits per heavy atom. The van der Waals surface area contributed by atoms with Crippen molar-refractivity contribution in [2.45, 2.75) is 47.8 Å². The van der Waals surface area contributed by atoms with Gasteiger partial charge < -0.3 is 15.5 Å². The maximum atomic E-state index is 9.63. The normalized spacial score (nSPS) is 8.65. The second-order valence-corrected chi connectivity index (χ2v) is 2.88. The standard InChI is InChI=1S/C9H14N2O2.2C2H6/c1-6-9(13)8(4-10-2)7(5-12)3-11-6;2*1-2/h3,10,12-13H,4-5H2,1-2H3;2*1-2H3. The lowest BCUT2D eigenvalue weighted by Gasteiger charge is -2.10. The molecule has 17 heavy (non-hydrogen) atoms. The molecule has 0 fully saturated rings. The van der Waals surface area contributed by atoms with Crippen molar-refractivity contribution in [1.29, 1.82) is 0 Å². The number of hydrogen-bond acceptors (Lipinski definition) is 4. The minimum absolute atomic E-state index is 0.0994. The summed E-state index contributed by atoms with van der Waals surface area (Å²) in [4.78, 5) is 3.95. The Bertz CT molecular complexity index is 302. The first-order valence-corrected chi connectivity index (χ1v) is 6.12. The Labute approximate surface area is 105 Å². The van der Waals surface area contributed by atoms with Crippen LogP contribution in [0.5, 0.6) is 5.75 Å². The Hall–Kier alpha value is -1.13. The van der Waals surface area contributed by atoms with Crippen LogP contribution in [0.4, 0.5) is 0 Å². The molecule has 0 bridgehead atoms. The molecule has 0 radical (unpaired) electrons. The van der Waals surface area contributed by atoms with Gasteiger partial charge in [0, 0.05) is 23.9 Å². The van der Waals surface area contributed by atoms with E-state index in [-0.39, 0.29) is 12.4 Å². The van der Waals surface area contributed by atoms with Crippen molar-refractivity contribution in [3.63, 3.8) is 0 Å². The van der Waals surface area contributed by atoms with E-state index in [2.05, 4.69) is 10.3 Å². The van der Waals surface area contributed by atoms with Crippen LogP contribution in [0.2, 0.25) is 0 Å². The van der Waals surface area contributed by atoms with Gasteiger partial charge in [-0.3, -0.25) is 4.98 Å². The molecule has 0 aliphatic carbocycles. The Kier molecular flexibility index (Phi) is 12.2. The van der Waals surface area contributed by atoms with Gasteiger partial charge >= 0.3 is 0 Å². The van der Waals surface area contributed by atoms with E-state index >= 15 is 0 Å². The van der Waals surface area contributed by atoms with Gasteiger partial charge in [-0.25, -0.2) is 0 Å². The SMILES string of the molecule is CC.CC.CNCc1c(CO)cnc(C)c1O. The number of aromatic nitrogens is 1. The number of aliphatic hydroxyl groups is 1. The molecule has 3 N–H and O–H groups in total. The van der Waals surface area contributed by atoms with Gasteiger partial charge in [0.1, 0.15) is 5.75 Å². The van der Waals surface area contributed by atoms with Crippen LogP contribution in [0.15, 0.2) is 6.20 Å². The van der Waals surface area contributed by atoms with E-state index in [4.69, 9.17) is 5.11 Å². The summed E-state index contributed by atoms with van der Waals surface area (Å²) < 4.78 is 0. The predicted octanol–water partition coefficient (Wildman–Crippen LogP) is 2.36. The smallest absolute Gasteiger partial charge is 0.141 e. The van der Waals surface area contributed by atoms with Gasteiger partial charge in [-0.1, -0.05) is 27.7 Å². The number of aromatic hydroxyl groups is 1. The van der Waals surface area contributed by atoms with Gasteiger partial charge in [-0.05, 0) is 14.0 Å². The van der Waals surface area contributed by atoms with Gasteiger partial charge in [-0.15, -0.1) is 0 Å². The first-order valence-electron chi connectivity index (χ1n) is 6.12. The minimum atomic E-state index is -0.0994. The van der Waals surface area contributed by atoms with E-state index in [0.717, 1.165) is 5.56 Å². The first-order chi connectivity index (χ1) is 8.20. The molecule has 0 aliphatic heterocycles. The molecule has 1 aromatic rings. The number of aryl methyl sites for hydroxylation is 1. The van der Waals surface area contributed by atoms with Crippen molar-refractivity contribution >= 4 is 0 Å². The molecule has 4 nitrogen and oxygen atoms in total. The van der Waals surface area contributed by atoms with E-state index in [1.54, 1.807) is 20.2 Å². The summed E-state index contributed by atoms with van der Waals surface area (Å²) in [7, 11) is 1.79. The summed E-state index contributed by atoms with van der Waals surface area (Å²) in [6, 6.07) is 0. The fraction of sp³-hybridized carbons (Fsp3) is 0.615. The number of hydrogen-bond donors (Lipinski definition) is 3. The van der Waals surface area contributed by atoms with Gasteiger partial charge in [0.15, 0.2) is 0 Å².